The summed E-state index contributed by atoms with van der Waals surface area (Å²) < 4.78 is 6.54. The number of aryl methyl sites for hydroxylation is 2. The third-order valence-corrected chi connectivity index (χ3v) is 2.14. The summed E-state index contributed by atoms with van der Waals surface area (Å²) in [6, 6.07) is -0.604. The van der Waals surface area contributed by atoms with Gasteiger partial charge < -0.3 is 10.5 Å². The van der Waals surface area contributed by atoms with E-state index in [2.05, 4.69) is 5.10 Å². The maximum atomic E-state index is 11.3. The molecular formula is C10H17N3O2. The molecule has 84 valence electrons. The van der Waals surface area contributed by atoms with Gasteiger partial charge in [0.2, 0.25) is 0 Å². The lowest BCUT2D eigenvalue weighted by atomic mass is 10.1. The largest absolute Gasteiger partial charge is 0.465 e. The van der Waals surface area contributed by atoms with Gasteiger partial charge in [-0.1, -0.05) is 0 Å². The zero-order valence-electron chi connectivity index (χ0n) is 9.36. The minimum atomic E-state index is -0.604. The third-order valence-electron chi connectivity index (χ3n) is 2.14. The summed E-state index contributed by atoms with van der Waals surface area (Å²) in [5.74, 6) is -0.360. The van der Waals surface area contributed by atoms with Gasteiger partial charge in [0.15, 0.2) is 0 Å². The predicted molar refractivity (Wildman–Crippen MR) is 56.3 cm³/mol. The van der Waals surface area contributed by atoms with Crippen LogP contribution < -0.4 is 5.73 Å². The van der Waals surface area contributed by atoms with Gasteiger partial charge in [-0.25, -0.2) is 0 Å². The molecule has 1 unspecified atom stereocenters. The van der Waals surface area contributed by atoms with Crippen LogP contribution in [0.3, 0.4) is 0 Å². The smallest absolute Gasteiger partial charge is 0.323 e. The minimum Gasteiger partial charge on any atom is -0.465 e. The molecule has 1 aromatic rings. The van der Waals surface area contributed by atoms with Crippen LogP contribution >= 0.6 is 0 Å². The fourth-order valence-electron chi connectivity index (χ4n) is 1.42. The number of nitrogens with two attached hydrogens (primary N) is 1. The second kappa shape index (κ2) is 4.93. The van der Waals surface area contributed by atoms with Gasteiger partial charge in [-0.15, -0.1) is 0 Å². The first-order chi connectivity index (χ1) is 7.04. The van der Waals surface area contributed by atoms with Gasteiger partial charge in [0.25, 0.3) is 0 Å². The van der Waals surface area contributed by atoms with E-state index in [4.69, 9.17) is 10.5 Å². The summed E-state index contributed by atoms with van der Waals surface area (Å²) in [5.41, 5.74) is 7.59. The topological polar surface area (TPSA) is 70.1 Å². The van der Waals surface area contributed by atoms with Crippen molar-refractivity contribution < 1.29 is 9.53 Å². The van der Waals surface area contributed by atoms with E-state index in [1.54, 1.807) is 11.6 Å². The highest BCUT2D eigenvalue weighted by Gasteiger charge is 2.17. The Morgan fingerprint density at radius 1 is 1.73 bits per heavy atom. The maximum Gasteiger partial charge on any atom is 0.323 e. The molecule has 0 spiro atoms. The number of aromatic nitrogens is 2. The lowest BCUT2D eigenvalue weighted by Crippen LogP contribution is -2.34. The quantitative estimate of drug-likeness (QED) is 0.720. The second-order valence-corrected chi connectivity index (χ2v) is 3.48. The Hall–Kier alpha value is -1.36. The zero-order chi connectivity index (χ0) is 11.4. The van der Waals surface area contributed by atoms with Gasteiger partial charge in [0.05, 0.1) is 12.3 Å². The Bertz CT molecular complexity index is 346. The first kappa shape index (κ1) is 11.7. The van der Waals surface area contributed by atoms with Gasteiger partial charge in [-0.05, 0) is 19.4 Å². The standard InChI is InChI=1S/C10H17N3O2/c1-4-15-10(14)9(11)5-8-6-13(3)12-7(8)2/h6,9H,4-5,11H2,1-3H3. The number of hydrogen-bond acceptors (Lipinski definition) is 4. The number of carbonyl (C=O) groups is 1. The molecule has 15 heavy (non-hydrogen) atoms. The number of carbonyl (C=O) groups excluding carboxylic acids is 1. The van der Waals surface area contributed by atoms with E-state index >= 15 is 0 Å². The fourth-order valence-corrected chi connectivity index (χ4v) is 1.42. The molecule has 0 aliphatic heterocycles. The SMILES string of the molecule is CCOC(=O)C(N)Cc1cn(C)nc1C. The lowest BCUT2D eigenvalue weighted by Gasteiger charge is -2.09. The Morgan fingerprint density at radius 2 is 2.40 bits per heavy atom. The van der Waals surface area contributed by atoms with Crippen LogP contribution in [-0.4, -0.2) is 28.4 Å². The molecule has 5 nitrogen and oxygen atoms in total. The summed E-state index contributed by atoms with van der Waals surface area (Å²) in [5, 5.41) is 4.18. The van der Waals surface area contributed by atoms with E-state index in [9.17, 15) is 4.79 Å². The molecule has 0 radical (unpaired) electrons. The fraction of sp³-hybridized carbons (Fsp3) is 0.600. The number of rotatable bonds is 4. The summed E-state index contributed by atoms with van der Waals surface area (Å²) >= 11 is 0. The normalized spacial score (nSPS) is 12.5. The Morgan fingerprint density at radius 3 is 2.87 bits per heavy atom. The molecule has 0 saturated heterocycles. The molecular weight excluding hydrogens is 194 g/mol. The average Bonchev–Trinajstić information content (AvgIpc) is 2.45. The van der Waals surface area contributed by atoms with Gasteiger partial charge in [-0.2, -0.15) is 5.10 Å². The van der Waals surface area contributed by atoms with Crippen molar-refractivity contribution in [2.45, 2.75) is 26.3 Å². The molecule has 2 N–H and O–H groups in total. The molecule has 1 aromatic heterocycles. The molecule has 1 rings (SSSR count). The van der Waals surface area contributed by atoms with Crippen LogP contribution in [0.25, 0.3) is 0 Å². The van der Waals surface area contributed by atoms with Crippen molar-refractivity contribution >= 4 is 5.97 Å². The van der Waals surface area contributed by atoms with Crippen molar-refractivity contribution in [1.82, 2.24) is 9.78 Å². The van der Waals surface area contributed by atoms with Crippen LogP contribution in [0.4, 0.5) is 0 Å². The van der Waals surface area contributed by atoms with E-state index in [1.165, 1.54) is 0 Å². The molecule has 0 aromatic carbocycles. The first-order valence-corrected chi connectivity index (χ1v) is 4.96. The van der Waals surface area contributed by atoms with Gasteiger partial charge in [0.1, 0.15) is 6.04 Å². The summed E-state index contributed by atoms with van der Waals surface area (Å²) in [4.78, 5) is 11.3. The monoisotopic (exact) mass is 211 g/mol. The molecule has 0 aliphatic rings. The molecule has 0 aliphatic carbocycles. The zero-order valence-corrected chi connectivity index (χ0v) is 9.36. The number of nitrogens with zero attached hydrogens (tertiary/aromatic N) is 2. The third kappa shape index (κ3) is 3.06. The highest BCUT2D eigenvalue weighted by Crippen LogP contribution is 2.07. The number of esters is 1. The highest BCUT2D eigenvalue weighted by atomic mass is 16.5. The van der Waals surface area contributed by atoms with Crippen LogP contribution in [0.15, 0.2) is 6.20 Å². The Labute approximate surface area is 89.2 Å². The molecule has 1 atom stereocenters. The van der Waals surface area contributed by atoms with Crippen LogP contribution in [0, 0.1) is 6.92 Å². The van der Waals surface area contributed by atoms with E-state index in [1.807, 2.05) is 20.2 Å². The second-order valence-electron chi connectivity index (χ2n) is 3.48. The minimum absolute atomic E-state index is 0.360. The Balaban J connectivity index is 2.61. The average molecular weight is 211 g/mol. The van der Waals surface area contributed by atoms with Crippen molar-refractivity contribution in [3.05, 3.63) is 17.5 Å². The molecule has 0 amide bonds. The van der Waals surface area contributed by atoms with Crippen molar-refractivity contribution in [1.29, 1.82) is 0 Å². The van der Waals surface area contributed by atoms with Crippen LogP contribution in [-0.2, 0) is 23.0 Å². The molecule has 1 heterocycles. The van der Waals surface area contributed by atoms with E-state index in [0.29, 0.717) is 13.0 Å². The summed E-state index contributed by atoms with van der Waals surface area (Å²) in [7, 11) is 1.84. The summed E-state index contributed by atoms with van der Waals surface area (Å²) in [6.45, 7) is 4.02. The van der Waals surface area contributed by atoms with Crippen LogP contribution in [0.1, 0.15) is 18.2 Å². The van der Waals surface area contributed by atoms with Crippen LogP contribution in [0.2, 0.25) is 0 Å². The van der Waals surface area contributed by atoms with Gasteiger partial charge in [-0.3, -0.25) is 9.48 Å². The van der Waals surface area contributed by atoms with Gasteiger partial charge >= 0.3 is 5.97 Å². The van der Waals surface area contributed by atoms with Crippen LogP contribution in [0.5, 0.6) is 0 Å². The first-order valence-electron chi connectivity index (χ1n) is 4.96. The lowest BCUT2D eigenvalue weighted by molar-refractivity contribution is -0.144. The van der Waals surface area contributed by atoms with Crippen molar-refractivity contribution in [3.63, 3.8) is 0 Å². The summed E-state index contributed by atoms with van der Waals surface area (Å²) in [6.07, 6.45) is 2.34. The van der Waals surface area contributed by atoms with Crippen molar-refractivity contribution in [3.8, 4) is 0 Å². The molecule has 0 saturated carbocycles. The van der Waals surface area contributed by atoms with E-state index < -0.39 is 6.04 Å². The van der Waals surface area contributed by atoms with Crippen molar-refractivity contribution in [2.75, 3.05) is 6.61 Å². The molecule has 0 fully saturated rings. The molecule has 0 bridgehead atoms. The molecule has 5 heteroatoms. The maximum absolute atomic E-state index is 11.3. The van der Waals surface area contributed by atoms with E-state index in [0.717, 1.165) is 11.3 Å². The van der Waals surface area contributed by atoms with Gasteiger partial charge in [0, 0.05) is 19.7 Å². The highest BCUT2D eigenvalue weighted by molar-refractivity contribution is 5.75. The number of ether oxygens (including phenoxy) is 1. The van der Waals surface area contributed by atoms with Crippen molar-refractivity contribution in [2.24, 2.45) is 12.8 Å². The Kier molecular flexibility index (Phi) is 3.85. The predicted octanol–water partition coefficient (Wildman–Crippen LogP) is 0.161. The number of hydrogen-bond donors (Lipinski definition) is 1. The van der Waals surface area contributed by atoms with E-state index in [-0.39, 0.29) is 5.97 Å².